The van der Waals surface area contributed by atoms with Crippen molar-refractivity contribution in [1.82, 2.24) is 0 Å². The SMILES string of the molecule is CCC(C)OC(=O)COC(C)c1ccccc1. The highest BCUT2D eigenvalue weighted by molar-refractivity contribution is 5.70. The lowest BCUT2D eigenvalue weighted by Crippen LogP contribution is -2.19. The third kappa shape index (κ3) is 5.00. The van der Waals surface area contributed by atoms with Crippen LogP contribution < -0.4 is 0 Å². The molecular weight excluding hydrogens is 216 g/mol. The molecule has 0 saturated carbocycles. The molecule has 2 atom stereocenters. The predicted octanol–water partition coefficient (Wildman–Crippen LogP) is 3.11. The van der Waals surface area contributed by atoms with Gasteiger partial charge in [0, 0.05) is 0 Å². The first-order valence-electron chi connectivity index (χ1n) is 5.99. The summed E-state index contributed by atoms with van der Waals surface area (Å²) in [4.78, 5) is 11.4. The van der Waals surface area contributed by atoms with Gasteiger partial charge in [-0.15, -0.1) is 0 Å². The van der Waals surface area contributed by atoms with Crippen LogP contribution in [0.15, 0.2) is 30.3 Å². The van der Waals surface area contributed by atoms with Gasteiger partial charge < -0.3 is 9.47 Å². The quantitative estimate of drug-likeness (QED) is 0.712. The van der Waals surface area contributed by atoms with Crippen molar-refractivity contribution >= 4 is 5.97 Å². The van der Waals surface area contributed by atoms with Gasteiger partial charge in [-0.25, -0.2) is 4.79 Å². The molecule has 1 aromatic carbocycles. The summed E-state index contributed by atoms with van der Waals surface area (Å²) in [7, 11) is 0. The number of ether oxygens (including phenoxy) is 2. The van der Waals surface area contributed by atoms with Crippen LogP contribution in [-0.2, 0) is 14.3 Å². The van der Waals surface area contributed by atoms with Crippen molar-refractivity contribution in [2.75, 3.05) is 6.61 Å². The minimum atomic E-state index is -0.304. The number of benzene rings is 1. The van der Waals surface area contributed by atoms with Gasteiger partial charge in [0.25, 0.3) is 0 Å². The summed E-state index contributed by atoms with van der Waals surface area (Å²) in [5.41, 5.74) is 1.06. The van der Waals surface area contributed by atoms with Crippen LogP contribution in [0.25, 0.3) is 0 Å². The fourth-order valence-corrected chi connectivity index (χ4v) is 1.36. The molecule has 0 spiro atoms. The van der Waals surface area contributed by atoms with E-state index in [9.17, 15) is 4.79 Å². The molecule has 0 aliphatic rings. The summed E-state index contributed by atoms with van der Waals surface area (Å²) in [5, 5.41) is 0. The van der Waals surface area contributed by atoms with Crippen molar-refractivity contribution < 1.29 is 14.3 Å². The first-order chi connectivity index (χ1) is 8.13. The molecule has 0 aliphatic heterocycles. The fraction of sp³-hybridized carbons (Fsp3) is 0.500. The highest BCUT2D eigenvalue weighted by atomic mass is 16.6. The zero-order chi connectivity index (χ0) is 12.7. The largest absolute Gasteiger partial charge is 0.461 e. The van der Waals surface area contributed by atoms with Crippen molar-refractivity contribution in [3.8, 4) is 0 Å². The number of carbonyl (C=O) groups is 1. The van der Waals surface area contributed by atoms with Gasteiger partial charge in [-0.2, -0.15) is 0 Å². The Hall–Kier alpha value is -1.35. The Morgan fingerprint density at radius 2 is 1.88 bits per heavy atom. The third-order valence-electron chi connectivity index (χ3n) is 2.63. The first-order valence-corrected chi connectivity index (χ1v) is 5.99. The van der Waals surface area contributed by atoms with Crippen molar-refractivity contribution in [2.24, 2.45) is 0 Å². The van der Waals surface area contributed by atoms with Gasteiger partial charge in [-0.05, 0) is 25.8 Å². The Morgan fingerprint density at radius 3 is 2.47 bits per heavy atom. The van der Waals surface area contributed by atoms with Crippen molar-refractivity contribution in [1.29, 1.82) is 0 Å². The Kier molecular flexibility index (Phi) is 5.70. The molecule has 0 radical (unpaired) electrons. The number of rotatable bonds is 6. The minimum absolute atomic E-state index is 0.000398. The Labute approximate surface area is 103 Å². The molecule has 1 rings (SSSR count). The molecule has 0 saturated heterocycles. The lowest BCUT2D eigenvalue weighted by atomic mass is 10.1. The molecule has 0 heterocycles. The van der Waals surface area contributed by atoms with E-state index in [1.54, 1.807) is 0 Å². The normalized spacial score (nSPS) is 14.1. The second kappa shape index (κ2) is 7.07. The van der Waals surface area contributed by atoms with Crippen LogP contribution >= 0.6 is 0 Å². The van der Waals surface area contributed by atoms with Crippen LogP contribution in [0.2, 0.25) is 0 Å². The van der Waals surface area contributed by atoms with Gasteiger partial charge in [0.05, 0.1) is 12.2 Å². The molecule has 0 amide bonds. The summed E-state index contributed by atoms with van der Waals surface area (Å²) in [6.07, 6.45) is 0.679. The van der Waals surface area contributed by atoms with E-state index >= 15 is 0 Å². The molecule has 0 aliphatic carbocycles. The molecule has 17 heavy (non-hydrogen) atoms. The predicted molar refractivity (Wildman–Crippen MR) is 66.7 cm³/mol. The zero-order valence-electron chi connectivity index (χ0n) is 10.7. The van der Waals surface area contributed by atoms with Gasteiger partial charge >= 0.3 is 5.97 Å². The maximum absolute atomic E-state index is 11.4. The van der Waals surface area contributed by atoms with Crippen LogP contribution in [0, 0.1) is 0 Å². The minimum Gasteiger partial charge on any atom is -0.461 e. The van der Waals surface area contributed by atoms with Gasteiger partial charge in [0.15, 0.2) is 0 Å². The van der Waals surface area contributed by atoms with Crippen molar-refractivity contribution in [2.45, 2.75) is 39.4 Å². The molecule has 0 aromatic heterocycles. The highest BCUT2D eigenvalue weighted by Gasteiger charge is 2.11. The highest BCUT2D eigenvalue weighted by Crippen LogP contribution is 2.15. The van der Waals surface area contributed by atoms with Crippen LogP contribution in [0.4, 0.5) is 0 Å². The summed E-state index contributed by atoms with van der Waals surface area (Å²) in [6.45, 7) is 5.77. The van der Waals surface area contributed by atoms with Gasteiger partial charge in [0.2, 0.25) is 0 Å². The topological polar surface area (TPSA) is 35.5 Å². The smallest absolute Gasteiger partial charge is 0.332 e. The first kappa shape index (κ1) is 13.7. The monoisotopic (exact) mass is 236 g/mol. The average Bonchev–Trinajstić information content (AvgIpc) is 2.36. The van der Waals surface area contributed by atoms with E-state index in [2.05, 4.69) is 0 Å². The molecule has 2 unspecified atom stereocenters. The van der Waals surface area contributed by atoms with Gasteiger partial charge in [0.1, 0.15) is 6.61 Å². The van der Waals surface area contributed by atoms with E-state index in [4.69, 9.17) is 9.47 Å². The average molecular weight is 236 g/mol. The van der Waals surface area contributed by atoms with E-state index in [-0.39, 0.29) is 24.8 Å². The third-order valence-corrected chi connectivity index (χ3v) is 2.63. The standard InChI is InChI=1S/C14H20O3/c1-4-11(2)17-14(15)10-16-12(3)13-8-6-5-7-9-13/h5-9,11-12H,4,10H2,1-3H3. The summed E-state index contributed by atoms with van der Waals surface area (Å²) in [5.74, 6) is -0.304. The maximum Gasteiger partial charge on any atom is 0.332 e. The number of hydrogen-bond donors (Lipinski definition) is 0. The summed E-state index contributed by atoms with van der Waals surface area (Å²) in [6, 6.07) is 9.81. The number of carbonyl (C=O) groups excluding carboxylic acids is 1. The van der Waals surface area contributed by atoms with E-state index < -0.39 is 0 Å². The van der Waals surface area contributed by atoms with Crippen LogP contribution in [-0.4, -0.2) is 18.7 Å². The summed E-state index contributed by atoms with van der Waals surface area (Å²) >= 11 is 0. The Morgan fingerprint density at radius 1 is 1.24 bits per heavy atom. The maximum atomic E-state index is 11.4. The Balaban J connectivity index is 2.33. The van der Waals surface area contributed by atoms with E-state index in [1.807, 2.05) is 51.1 Å². The van der Waals surface area contributed by atoms with Crippen molar-refractivity contribution in [3.05, 3.63) is 35.9 Å². The van der Waals surface area contributed by atoms with E-state index in [1.165, 1.54) is 0 Å². The second-order valence-corrected chi connectivity index (χ2v) is 4.07. The Bertz CT molecular complexity index is 335. The fourth-order valence-electron chi connectivity index (χ4n) is 1.36. The van der Waals surface area contributed by atoms with Crippen LogP contribution in [0.5, 0.6) is 0 Å². The molecule has 0 bridgehead atoms. The molecule has 0 fully saturated rings. The zero-order valence-corrected chi connectivity index (χ0v) is 10.7. The van der Waals surface area contributed by atoms with E-state index in [0.29, 0.717) is 0 Å². The molecule has 3 nitrogen and oxygen atoms in total. The molecule has 1 aromatic rings. The molecule has 0 N–H and O–H groups in total. The van der Waals surface area contributed by atoms with Gasteiger partial charge in [-0.3, -0.25) is 0 Å². The molecule has 3 heteroatoms. The molecule has 94 valence electrons. The number of esters is 1. The van der Waals surface area contributed by atoms with Crippen molar-refractivity contribution in [3.63, 3.8) is 0 Å². The summed E-state index contributed by atoms with van der Waals surface area (Å²) < 4.78 is 10.6. The lowest BCUT2D eigenvalue weighted by molar-refractivity contribution is -0.155. The van der Waals surface area contributed by atoms with Crippen LogP contribution in [0.1, 0.15) is 38.9 Å². The second-order valence-electron chi connectivity index (χ2n) is 4.07. The van der Waals surface area contributed by atoms with Gasteiger partial charge in [-0.1, -0.05) is 37.3 Å². The molecular formula is C14H20O3. The van der Waals surface area contributed by atoms with Crippen LogP contribution in [0.3, 0.4) is 0 Å². The number of hydrogen-bond acceptors (Lipinski definition) is 3. The lowest BCUT2D eigenvalue weighted by Gasteiger charge is -2.14. The van der Waals surface area contributed by atoms with E-state index in [0.717, 1.165) is 12.0 Å².